The molecule has 0 saturated heterocycles. The zero-order valence-corrected chi connectivity index (χ0v) is 44.0. The van der Waals surface area contributed by atoms with E-state index in [0.29, 0.717) is 0 Å². The molecule has 1 unspecified atom stereocenters. The molecule has 2 heterocycles. The fraction of sp³-hybridized carbons (Fsp3) is 0.0400. The number of nitrogens with zero attached hydrogens (tertiary/aromatic N) is 2. The van der Waals surface area contributed by atoms with Crippen LogP contribution < -0.4 is 4.90 Å². The van der Waals surface area contributed by atoms with Crippen LogP contribution in [0.5, 0.6) is 0 Å². The number of thiophene rings is 1. The molecule has 14 aromatic rings. The molecule has 0 aliphatic heterocycles. The van der Waals surface area contributed by atoms with E-state index < -0.39 is 5.41 Å². The maximum absolute atomic E-state index is 2.55. The summed E-state index contributed by atoms with van der Waals surface area (Å²) in [5.74, 6) is 0. The second-order valence-electron chi connectivity index (χ2n) is 21.2. The molecule has 0 amide bonds. The van der Waals surface area contributed by atoms with Crippen molar-refractivity contribution < 1.29 is 0 Å². The van der Waals surface area contributed by atoms with Crippen LogP contribution in [0.3, 0.4) is 0 Å². The Balaban J connectivity index is 0.964. The normalized spacial score (nSPS) is 14.1. The van der Waals surface area contributed by atoms with Gasteiger partial charge in [-0.25, -0.2) is 0 Å². The Morgan fingerprint density at radius 3 is 1.71 bits per heavy atom. The number of aromatic nitrogens is 1. The Kier molecular flexibility index (Phi) is 9.89. The summed E-state index contributed by atoms with van der Waals surface area (Å²) in [6, 6.07) is 100. The second kappa shape index (κ2) is 17.2. The van der Waals surface area contributed by atoms with Crippen molar-refractivity contribution in [2.75, 3.05) is 4.90 Å². The van der Waals surface area contributed by atoms with Crippen molar-refractivity contribution in [2.24, 2.45) is 0 Å². The van der Waals surface area contributed by atoms with Gasteiger partial charge in [0, 0.05) is 53.7 Å². The molecule has 0 saturated carbocycles. The minimum absolute atomic E-state index is 0.646. The molecule has 0 fully saturated rings. The van der Waals surface area contributed by atoms with Crippen LogP contribution in [0.1, 0.15) is 33.4 Å². The average Bonchev–Trinajstić information content (AvgIpc) is 4.41. The summed E-state index contributed by atoms with van der Waals surface area (Å²) < 4.78 is 5.13. The maximum atomic E-state index is 2.55. The summed E-state index contributed by atoms with van der Waals surface area (Å²) in [6.07, 6.45) is 0. The third kappa shape index (κ3) is 6.49. The average molecular weight is 1010 g/mol. The topological polar surface area (TPSA) is 8.17 Å². The van der Waals surface area contributed by atoms with Crippen LogP contribution in [0.4, 0.5) is 17.1 Å². The molecule has 0 N–H and O–H groups in total. The highest BCUT2D eigenvalue weighted by Gasteiger charge is 2.53. The number of benzene rings is 12. The van der Waals surface area contributed by atoms with E-state index in [1.807, 2.05) is 11.3 Å². The molecule has 12 aromatic carbocycles. The smallest absolute Gasteiger partial charge is 0.0727 e. The molecule has 2 aliphatic carbocycles. The van der Waals surface area contributed by atoms with E-state index in [4.69, 9.17) is 0 Å². The van der Waals surface area contributed by atoms with Crippen LogP contribution in [0.2, 0.25) is 0 Å². The molecule has 2 aromatic heterocycles. The molecule has 78 heavy (non-hydrogen) atoms. The van der Waals surface area contributed by atoms with E-state index in [2.05, 4.69) is 290 Å². The fourth-order valence-corrected chi connectivity index (χ4v) is 14.8. The van der Waals surface area contributed by atoms with Crippen molar-refractivity contribution in [1.29, 1.82) is 0 Å². The summed E-state index contributed by atoms with van der Waals surface area (Å²) in [5, 5.41) is 5.15. The Labute approximate surface area is 458 Å². The van der Waals surface area contributed by atoms with Crippen molar-refractivity contribution in [3.63, 3.8) is 0 Å². The van der Waals surface area contributed by atoms with Crippen molar-refractivity contribution in [1.82, 2.24) is 4.57 Å². The first-order chi connectivity index (χ1) is 38.5. The predicted octanol–water partition coefficient (Wildman–Crippen LogP) is 20.6. The highest BCUT2D eigenvalue weighted by atomic mass is 32.1. The highest BCUT2D eigenvalue weighted by Crippen LogP contribution is 2.65. The van der Waals surface area contributed by atoms with Crippen LogP contribution in [0.25, 0.3) is 103 Å². The molecular weight excluding hydrogens is 961 g/mol. The number of aryl methyl sites for hydroxylation is 2. The highest BCUT2D eigenvalue weighted by molar-refractivity contribution is 7.26. The quantitative estimate of drug-likeness (QED) is 0.154. The van der Waals surface area contributed by atoms with Gasteiger partial charge in [0.25, 0.3) is 0 Å². The Morgan fingerprint density at radius 1 is 0.333 bits per heavy atom. The van der Waals surface area contributed by atoms with E-state index in [1.54, 1.807) is 0 Å². The van der Waals surface area contributed by atoms with Gasteiger partial charge in [0.2, 0.25) is 0 Å². The third-order valence-corrected chi connectivity index (χ3v) is 18.2. The van der Waals surface area contributed by atoms with Crippen molar-refractivity contribution in [3.8, 4) is 61.3 Å². The summed E-state index contributed by atoms with van der Waals surface area (Å²) in [5.41, 5.74) is 26.5. The van der Waals surface area contributed by atoms with E-state index in [0.717, 1.165) is 22.7 Å². The number of rotatable bonds is 7. The summed E-state index contributed by atoms with van der Waals surface area (Å²) in [6.45, 7) is 4.47. The van der Waals surface area contributed by atoms with Gasteiger partial charge in [-0.2, -0.15) is 0 Å². The number of fused-ring (bicyclic) bond motifs is 17. The van der Waals surface area contributed by atoms with Gasteiger partial charge < -0.3 is 9.47 Å². The molecule has 1 atom stereocenters. The SMILES string of the molecule is Cc1ccccc1-c1ccc(N(c2ccc(-c3ccccc3)cc2)c2ccc3c(c2)C2(c4ccccc4-c4ccc(-n5c6ccccc6c6cc(-c7ccccc7)ccc65)cc42)c2ccc4sc5ccccc5c4c2-3)cc1C. The molecule has 16 rings (SSSR count). The maximum Gasteiger partial charge on any atom is 0.0727 e. The molecule has 366 valence electrons. The lowest BCUT2D eigenvalue weighted by molar-refractivity contribution is 0.793. The van der Waals surface area contributed by atoms with E-state index in [9.17, 15) is 0 Å². The van der Waals surface area contributed by atoms with Gasteiger partial charge in [-0.3, -0.25) is 0 Å². The lowest BCUT2D eigenvalue weighted by Crippen LogP contribution is -2.26. The van der Waals surface area contributed by atoms with Gasteiger partial charge in [-0.1, -0.05) is 188 Å². The first-order valence-electron chi connectivity index (χ1n) is 27.1. The zero-order valence-electron chi connectivity index (χ0n) is 43.2. The minimum Gasteiger partial charge on any atom is -0.310 e. The molecule has 2 aliphatic rings. The van der Waals surface area contributed by atoms with E-state index >= 15 is 0 Å². The molecule has 3 heteroatoms. The van der Waals surface area contributed by atoms with E-state index in [-0.39, 0.29) is 0 Å². The standard InChI is InChI=1S/C75H50N2S/c1-47-17-9-10-22-57(47)58-37-34-54(43-48(58)2)76(53-32-29-51(30-33-53)49-18-5-3-6-19-49)55-36-39-62-68(45-55)75(66-40-42-72-74(73(62)66)63-25-13-16-28-71(63)78-72)65-26-14-11-23-59(65)60-38-35-56(46-67(60)75)77-69-27-15-12-24-61(69)64-44-52(31-41-70(64)77)50-20-7-4-8-21-50/h3-46H,1-2H3. The predicted molar refractivity (Wildman–Crippen MR) is 330 cm³/mol. The fourth-order valence-electron chi connectivity index (χ4n) is 13.6. The molecule has 0 radical (unpaired) electrons. The molecule has 0 bridgehead atoms. The van der Waals surface area contributed by atoms with Gasteiger partial charge in [-0.15, -0.1) is 11.3 Å². The number of hydrogen-bond donors (Lipinski definition) is 0. The van der Waals surface area contributed by atoms with Crippen LogP contribution in [0.15, 0.2) is 267 Å². The summed E-state index contributed by atoms with van der Waals surface area (Å²) in [4.78, 5) is 2.48. The molecular formula is C75H50N2S. The van der Waals surface area contributed by atoms with Crippen molar-refractivity contribution >= 4 is 70.4 Å². The largest absolute Gasteiger partial charge is 0.310 e. The monoisotopic (exact) mass is 1010 g/mol. The minimum atomic E-state index is -0.646. The van der Waals surface area contributed by atoms with Crippen LogP contribution in [-0.2, 0) is 5.41 Å². The lowest BCUT2D eigenvalue weighted by atomic mass is 9.70. The summed E-state index contributed by atoms with van der Waals surface area (Å²) in [7, 11) is 0. The van der Waals surface area contributed by atoms with Crippen molar-refractivity contribution in [2.45, 2.75) is 19.3 Å². The van der Waals surface area contributed by atoms with E-state index in [1.165, 1.54) is 131 Å². The molecule has 1 spiro atoms. The Hall–Kier alpha value is -9.54. The summed E-state index contributed by atoms with van der Waals surface area (Å²) >= 11 is 1.90. The van der Waals surface area contributed by atoms with Gasteiger partial charge in [0.05, 0.1) is 16.4 Å². The Morgan fingerprint density at radius 2 is 0.910 bits per heavy atom. The number of anilines is 3. The third-order valence-electron chi connectivity index (χ3n) is 17.1. The van der Waals surface area contributed by atoms with Crippen molar-refractivity contribution in [3.05, 3.63) is 300 Å². The van der Waals surface area contributed by atoms with Crippen LogP contribution >= 0.6 is 11.3 Å². The Bertz CT molecular complexity index is 4750. The second-order valence-corrected chi connectivity index (χ2v) is 22.3. The first-order valence-corrected chi connectivity index (χ1v) is 27.9. The van der Waals surface area contributed by atoms with Gasteiger partial charge >= 0.3 is 0 Å². The van der Waals surface area contributed by atoms with Crippen LogP contribution in [-0.4, -0.2) is 4.57 Å². The first kappa shape index (κ1) is 44.7. The van der Waals surface area contributed by atoms with Gasteiger partial charge in [0.15, 0.2) is 0 Å². The van der Waals surface area contributed by atoms with Crippen LogP contribution in [0, 0.1) is 13.8 Å². The number of para-hydroxylation sites is 1. The lowest BCUT2D eigenvalue weighted by Gasteiger charge is -2.32. The van der Waals surface area contributed by atoms with Gasteiger partial charge in [-0.05, 0) is 182 Å². The number of hydrogen-bond acceptors (Lipinski definition) is 2. The van der Waals surface area contributed by atoms with Gasteiger partial charge in [0.1, 0.15) is 0 Å². The molecule has 2 nitrogen and oxygen atoms in total. The zero-order chi connectivity index (χ0) is 51.6.